The van der Waals surface area contributed by atoms with Crippen LogP contribution in [0.15, 0.2) is 24.3 Å². The van der Waals surface area contributed by atoms with E-state index in [1.807, 2.05) is 19.1 Å². The van der Waals surface area contributed by atoms with Crippen LogP contribution in [0.1, 0.15) is 24.5 Å². The minimum Gasteiger partial charge on any atom is -0.384 e. The zero-order chi connectivity index (χ0) is 14.3. The van der Waals surface area contributed by atoms with Crippen LogP contribution < -0.4 is 0 Å². The molecule has 1 fully saturated rings. The highest BCUT2D eigenvalue weighted by Crippen LogP contribution is 2.47. The molecule has 0 spiro atoms. The summed E-state index contributed by atoms with van der Waals surface area (Å²) in [6.07, 6.45) is 0.173. The van der Waals surface area contributed by atoms with Gasteiger partial charge in [0.2, 0.25) is 0 Å². The Morgan fingerprint density at radius 2 is 1.95 bits per heavy atom. The second-order valence-electron chi connectivity index (χ2n) is 5.47. The lowest BCUT2D eigenvalue weighted by atomic mass is 9.70. The van der Waals surface area contributed by atoms with Gasteiger partial charge in [0.15, 0.2) is 9.84 Å². The molecule has 2 atom stereocenters. The van der Waals surface area contributed by atoms with Crippen molar-refractivity contribution < 1.29 is 13.5 Å². The van der Waals surface area contributed by atoms with Gasteiger partial charge in [-0.05, 0) is 25.8 Å². The third-order valence-corrected chi connectivity index (χ3v) is 5.82. The van der Waals surface area contributed by atoms with Gasteiger partial charge in [-0.15, -0.1) is 0 Å². The summed E-state index contributed by atoms with van der Waals surface area (Å²) in [4.78, 5) is 0. The molecule has 1 aromatic rings. The molecule has 4 nitrogen and oxygen atoms in total. The molecule has 0 saturated carbocycles. The van der Waals surface area contributed by atoms with Crippen molar-refractivity contribution in [1.82, 2.24) is 0 Å². The maximum absolute atomic E-state index is 11.7. The Morgan fingerprint density at radius 3 is 2.37 bits per heavy atom. The van der Waals surface area contributed by atoms with Crippen LogP contribution in [-0.2, 0) is 15.4 Å². The van der Waals surface area contributed by atoms with Crippen molar-refractivity contribution in [3.05, 3.63) is 35.4 Å². The van der Waals surface area contributed by atoms with Crippen molar-refractivity contribution in [3.63, 3.8) is 0 Å². The molecule has 1 heterocycles. The van der Waals surface area contributed by atoms with E-state index in [9.17, 15) is 18.8 Å². The summed E-state index contributed by atoms with van der Waals surface area (Å²) in [6, 6.07) is 9.25. The molecule has 5 heteroatoms. The minimum atomic E-state index is -3.25. The van der Waals surface area contributed by atoms with E-state index in [4.69, 9.17) is 0 Å². The first-order valence-corrected chi connectivity index (χ1v) is 7.96. The second kappa shape index (κ2) is 4.32. The number of aryl methyl sites for hydroxylation is 1. The number of sulfone groups is 1. The molecular weight excluding hydrogens is 262 g/mol. The molecule has 1 aliphatic heterocycles. The zero-order valence-corrected chi connectivity index (χ0v) is 11.9. The molecule has 102 valence electrons. The van der Waals surface area contributed by atoms with Crippen LogP contribution in [0.4, 0.5) is 0 Å². The Balaban J connectivity index is 2.49. The smallest absolute Gasteiger partial charge is 0.152 e. The molecule has 2 rings (SSSR count). The summed E-state index contributed by atoms with van der Waals surface area (Å²) in [5.74, 6) is -0.319. The summed E-state index contributed by atoms with van der Waals surface area (Å²) < 4.78 is 23.3. The minimum absolute atomic E-state index is 0.0391. The molecule has 1 aliphatic rings. The Hall–Kier alpha value is -1.38. The van der Waals surface area contributed by atoms with Gasteiger partial charge in [-0.25, -0.2) is 8.42 Å². The fourth-order valence-corrected chi connectivity index (χ4v) is 4.63. The highest BCUT2D eigenvalue weighted by atomic mass is 32.2. The molecule has 2 unspecified atom stereocenters. The molecule has 0 aromatic heterocycles. The largest absolute Gasteiger partial charge is 0.384 e. The van der Waals surface area contributed by atoms with E-state index in [1.165, 1.54) is 6.92 Å². The first-order chi connectivity index (χ1) is 8.72. The van der Waals surface area contributed by atoms with Crippen LogP contribution in [-0.4, -0.2) is 25.0 Å². The van der Waals surface area contributed by atoms with Gasteiger partial charge >= 0.3 is 0 Å². The van der Waals surface area contributed by atoms with E-state index < -0.39 is 20.9 Å². The summed E-state index contributed by atoms with van der Waals surface area (Å²) in [7, 11) is -3.25. The normalized spacial score (nSPS) is 28.5. The quantitative estimate of drug-likeness (QED) is 0.890. The zero-order valence-electron chi connectivity index (χ0n) is 11.0. The molecule has 0 aliphatic carbocycles. The molecule has 1 aromatic carbocycles. The van der Waals surface area contributed by atoms with Gasteiger partial charge in [-0.3, -0.25) is 0 Å². The van der Waals surface area contributed by atoms with E-state index in [0.717, 1.165) is 5.56 Å². The molecule has 19 heavy (non-hydrogen) atoms. The maximum atomic E-state index is 11.7. The number of rotatable bonds is 2. The Morgan fingerprint density at radius 1 is 1.37 bits per heavy atom. The van der Waals surface area contributed by atoms with Crippen LogP contribution in [0.25, 0.3) is 0 Å². The summed E-state index contributed by atoms with van der Waals surface area (Å²) >= 11 is 0. The van der Waals surface area contributed by atoms with Gasteiger partial charge in [0.05, 0.1) is 17.6 Å². The van der Waals surface area contributed by atoms with Crippen molar-refractivity contribution in [2.45, 2.75) is 25.9 Å². The van der Waals surface area contributed by atoms with Crippen molar-refractivity contribution in [1.29, 1.82) is 5.26 Å². The Labute approximate surface area is 113 Å². The van der Waals surface area contributed by atoms with Crippen molar-refractivity contribution in [2.75, 3.05) is 11.5 Å². The van der Waals surface area contributed by atoms with Gasteiger partial charge in [0.1, 0.15) is 11.0 Å². The van der Waals surface area contributed by atoms with Gasteiger partial charge < -0.3 is 5.11 Å². The predicted molar refractivity (Wildman–Crippen MR) is 72.1 cm³/mol. The van der Waals surface area contributed by atoms with Crippen LogP contribution in [0.3, 0.4) is 0 Å². The van der Waals surface area contributed by atoms with E-state index in [0.29, 0.717) is 5.56 Å². The third-order valence-electron chi connectivity index (χ3n) is 4.07. The number of hydrogen-bond acceptors (Lipinski definition) is 4. The van der Waals surface area contributed by atoms with Crippen LogP contribution >= 0.6 is 0 Å². The maximum Gasteiger partial charge on any atom is 0.152 e. The highest BCUT2D eigenvalue weighted by molar-refractivity contribution is 7.91. The first kappa shape index (κ1) is 14.0. The fraction of sp³-hybridized carbons (Fsp3) is 0.500. The number of benzene rings is 1. The Kier molecular flexibility index (Phi) is 3.20. The van der Waals surface area contributed by atoms with Gasteiger partial charge in [0.25, 0.3) is 0 Å². The van der Waals surface area contributed by atoms with Crippen molar-refractivity contribution in [2.24, 2.45) is 5.41 Å². The SMILES string of the molecule is Cc1ccc(C(C)(O)C2(C#N)CCS(=O)(=O)C2)cc1. The van der Waals surface area contributed by atoms with Crippen LogP contribution in [0.5, 0.6) is 0 Å². The predicted octanol–water partition coefficient (Wildman–Crippen LogP) is 1.53. The molecule has 0 bridgehead atoms. The van der Waals surface area contributed by atoms with Gasteiger partial charge in [0, 0.05) is 0 Å². The van der Waals surface area contributed by atoms with Crippen molar-refractivity contribution in [3.8, 4) is 6.07 Å². The lowest BCUT2D eigenvalue weighted by Gasteiger charge is -2.36. The lowest BCUT2D eigenvalue weighted by molar-refractivity contribution is -0.0323. The fourth-order valence-electron chi connectivity index (χ4n) is 2.58. The number of nitrogens with zero attached hydrogens (tertiary/aromatic N) is 1. The molecular formula is C14H17NO3S. The number of nitriles is 1. The average molecular weight is 279 g/mol. The van der Waals surface area contributed by atoms with Gasteiger partial charge in [-0.1, -0.05) is 29.8 Å². The number of hydrogen-bond donors (Lipinski definition) is 1. The lowest BCUT2D eigenvalue weighted by Crippen LogP contribution is -2.43. The van der Waals surface area contributed by atoms with Crippen molar-refractivity contribution >= 4 is 9.84 Å². The van der Waals surface area contributed by atoms with E-state index in [2.05, 4.69) is 6.07 Å². The monoisotopic (exact) mass is 279 g/mol. The molecule has 0 radical (unpaired) electrons. The summed E-state index contributed by atoms with van der Waals surface area (Å²) in [5, 5.41) is 20.2. The van der Waals surface area contributed by atoms with Crippen LogP contribution in [0.2, 0.25) is 0 Å². The third kappa shape index (κ3) is 2.26. The standard InChI is InChI=1S/C14H17NO3S/c1-11-3-5-12(6-4-11)13(2,16)14(9-15)7-8-19(17,18)10-14/h3-6,16H,7-8,10H2,1-2H3. The van der Waals surface area contributed by atoms with E-state index in [-0.39, 0.29) is 17.9 Å². The topological polar surface area (TPSA) is 78.2 Å². The second-order valence-corrected chi connectivity index (χ2v) is 7.66. The summed E-state index contributed by atoms with van der Waals surface area (Å²) in [6.45, 7) is 3.46. The number of aliphatic hydroxyl groups is 1. The molecule has 1 N–H and O–H groups in total. The van der Waals surface area contributed by atoms with E-state index in [1.54, 1.807) is 12.1 Å². The first-order valence-electron chi connectivity index (χ1n) is 6.14. The highest BCUT2D eigenvalue weighted by Gasteiger charge is 2.55. The van der Waals surface area contributed by atoms with Gasteiger partial charge in [-0.2, -0.15) is 5.26 Å². The van der Waals surface area contributed by atoms with E-state index >= 15 is 0 Å². The average Bonchev–Trinajstić information content (AvgIpc) is 2.67. The van der Waals surface area contributed by atoms with Crippen LogP contribution in [0, 0.1) is 23.7 Å². The molecule has 1 saturated heterocycles. The summed E-state index contributed by atoms with van der Waals surface area (Å²) in [5.41, 5.74) is -1.11. The Bertz CT molecular complexity index is 626. The molecule has 0 amide bonds.